The Morgan fingerprint density at radius 2 is 2.17 bits per heavy atom. The minimum Gasteiger partial charge on any atom is -0.493 e. The Morgan fingerprint density at radius 1 is 1.50 bits per heavy atom. The third kappa shape index (κ3) is 1.53. The molecule has 0 bridgehead atoms. The van der Waals surface area contributed by atoms with Crippen molar-refractivity contribution in [3.8, 4) is 5.75 Å². The minimum atomic E-state index is -1.71. The molecule has 0 saturated carbocycles. The van der Waals surface area contributed by atoms with Crippen LogP contribution in [0.3, 0.4) is 0 Å². The van der Waals surface area contributed by atoms with Crippen molar-refractivity contribution in [2.45, 2.75) is 6.30 Å². The fraction of sp³-hybridized carbons (Fsp3) is 0.250. The molecule has 1 aromatic rings. The van der Waals surface area contributed by atoms with E-state index >= 15 is 0 Å². The Hall–Kier alpha value is -1.16. The van der Waals surface area contributed by atoms with E-state index in [2.05, 4.69) is 4.74 Å². The highest BCUT2D eigenvalue weighted by Crippen LogP contribution is 2.26. The molecule has 0 aliphatic rings. The van der Waals surface area contributed by atoms with Gasteiger partial charge in [-0.15, -0.1) is 0 Å². The zero-order chi connectivity index (χ0) is 9.14. The van der Waals surface area contributed by atoms with Gasteiger partial charge in [-0.2, -0.15) is 0 Å². The summed E-state index contributed by atoms with van der Waals surface area (Å²) >= 11 is 0. The van der Waals surface area contributed by atoms with Gasteiger partial charge < -0.3 is 4.74 Å². The highest BCUT2D eigenvalue weighted by molar-refractivity contribution is 5.36. The van der Waals surface area contributed by atoms with E-state index < -0.39 is 12.1 Å². The summed E-state index contributed by atoms with van der Waals surface area (Å²) in [6.07, 6.45) is -1.71. The third-order valence-electron chi connectivity index (χ3n) is 1.50. The molecule has 66 valence electrons. The molecule has 0 heterocycles. The van der Waals surface area contributed by atoms with Crippen molar-refractivity contribution in [2.75, 3.05) is 7.11 Å². The maximum Gasteiger partial charge on any atom is 0.178 e. The first-order chi connectivity index (χ1) is 5.66. The number of hydrogen-bond acceptors (Lipinski definition) is 2. The zero-order valence-corrected chi connectivity index (χ0v) is 6.55. The Kier molecular flexibility index (Phi) is 2.60. The highest BCUT2D eigenvalue weighted by atomic mass is 19.1. The molecule has 0 saturated heterocycles. The molecule has 0 aliphatic carbocycles. The molecule has 1 rings (SSSR count). The standard InChI is InChI=1S/C8H9F2NO/c1-12-7-5(8(10)11)3-2-4-6(7)9/h2-4,8H,11H2,1H3. The normalized spacial score (nSPS) is 12.7. The average Bonchev–Trinajstić information content (AvgIpc) is 2.03. The molecule has 12 heavy (non-hydrogen) atoms. The van der Waals surface area contributed by atoms with Gasteiger partial charge in [0.15, 0.2) is 17.9 Å². The maximum atomic E-state index is 12.9. The van der Waals surface area contributed by atoms with Crippen molar-refractivity contribution >= 4 is 0 Å². The number of benzene rings is 1. The van der Waals surface area contributed by atoms with Gasteiger partial charge in [-0.05, 0) is 6.07 Å². The van der Waals surface area contributed by atoms with Gasteiger partial charge in [0.2, 0.25) is 0 Å². The zero-order valence-electron chi connectivity index (χ0n) is 6.55. The fourth-order valence-electron chi connectivity index (χ4n) is 0.958. The van der Waals surface area contributed by atoms with E-state index in [1.807, 2.05) is 0 Å². The van der Waals surface area contributed by atoms with Crippen molar-refractivity contribution in [3.63, 3.8) is 0 Å². The molecular formula is C8H9F2NO. The quantitative estimate of drug-likeness (QED) is 0.691. The van der Waals surface area contributed by atoms with E-state index in [4.69, 9.17) is 5.73 Å². The summed E-state index contributed by atoms with van der Waals surface area (Å²) in [5, 5.41) is 0. The van der Waals surface area contributed by atoms with Crippen LogP contribution in [0.2, 0.25) is 0 Å². The molecule has 2 nitrogen and oxygen atoms in total. The first-order valence-corrected chi connectivity index (χ1v) is 3.39. The van der Waals surface area contributed by atoms with Gasteiger partial charge in [-0.1, -0.05) is 12.1 Å². The average molecular weight is 173 g/mol. The fourth-order valence-corrected chi connectivity index (χ4v) is 0.958. The molecule has 1 unspecified atom stereocenters. The summed E-state index contributed by atoms with van der Waals surface area (Å²) in [7, 11) is 1.27. The van der Waals surface area contributed by atoms with E-state index in [-0.39, 0.29) is 11.3 Å². The Labute approximate surface area is 68.9 Å². The number of para-hydroxylation sites is 1. The number of methoxy groups -OCH3 is 1. The second-order valence-corrected chi connectivity index (χ2v) is 2.26. The van der Waals surface area contributed by atoms with Crippen LogP contribution in [0.4, 0.5) is 8.78 Å². The number of alkyl halides is 1. The Bertz CT molecular complexity index is 276. The van der Waals surface area contributed by atoms with E-state index in [0.717, 1.165) is 0 Å². The third-order valence-corrected chi connectivity index (χ3v) is 1.50. The van der Waals surface area contributed by atoms with Crippen LogP contribution in [0.5, 0.6) is 5.75 Å². The first kappa shape index (κ1) is 8.93. The Balaban J connectivity index is 3.18. The van der Waals surface area contributed by atoms with Crippen LogP contribution in [0.1, 0.15) is 11.9 Å². The summed E-state index contributed by atoms with van der Waals surface area (Å²) in [6.45, 7) is 0. The molecule has 0 aromatic heterocycles. The van der Waals surface area contributed by atoms with Crippen molar-refractivity contribution in [2.24, 2.45) is 5.73 Å². The molecule has 2 N–H and O–H groups in total. The highest BCUT2D eigenvalue weighted by Gasteiger charge is 2.13. The molecule has 0 spiro atoms. The molecule has 0 fully saturated rings. The Morgan fingerprint density at radius 3 is 2.58 bits per heavy atom. The van der Waals surface area contributed by atoms with Gasteiger partial charge in [0, 0.05) is 5.56 Å². The van der Waals surface area contributed by atoms with E-state index in [9.17, 15) is 8.78 Å². The SMILES string of the molecule is COc1c(F)cccc1C(N)F. The molecule has 4 heteroatoms. The second-order valence-electron chi connectivity index (χ2n) is 2.26. The van der Waals surface area contributed by atoms with Crippen LogP contribution in [-0.4, -0.2) is 7.11 Å². The first-order valence-electron chi connectivity index (χ1n) is 3.39. The summed E-state index contributed by atoms with van der Waals surface area (Å²) in [6, 6.07) is 3.95. The molecule has 0 amide bonds. The lowest BCUT2D eigenvalue weighted by Gasteiger charge is -2.09. The number of nitrogens with two attached hydrogens (primary N) is 1. The monoisotopic (exact) mass is 173 g/mol. The predicted molar refractivity (Wildman–Crippen MR) is 41.0 cm³/mol. The van der Waals surface area contributed by atoms with Crippen LogP contribution in [0, 0.1) is 5.82 Å². The maximum absolute atomic E-state index is 12.9. The molecule has 1 atom stereocenters. The van der Waals surface area contributed by atoms with Gasteiger partial charge in [-0.3, -0.25) is 5.73 Å². The predicted octanol–water partition coefficient (Wildman–Crippen LogP) is 1.76. The molecule has 0 radical (unpaired) electrons. The van der Waals surface area contributed by atoms with E-state index in [0.29, 0.717) is 0 Å². The van der Waals surface area contributed by atoms with Crippen LogP contribution < -0.4 is 10.5 Å². The number of rotatable bonds is 2. The lowest BCUT2D eigenvalue weighted by molar-refractivity contribution is 0.323. The molecule has 0 aliphatic heterocycles. The largest absolute Gasteiger partial charge is 0.493 e. The van der Waals surface area contributed by atoms with Gasteiger partial charge in [0.25, 0.3) is 0 Å². The lowest BCUT2D eigenvalue weighted by Crippen LogP contribution is -2.06. The summed E-state index contributed by atoms with van der Waals surface area (Å²) in [5.74, 6) is -0.740. The van der Waals surface area contributed by atoms with Crippen molar-refractivity contribution in [1.29, 1.82) is 0 Å². The summed E-state index contributed by atoms with van der Waals surface area (Å²) in [4.78, 5) is 0. The van der Waals surface area contributed by atoms with Crippen LogP contribution in [0.25, 0.3) is 0 Å². The lowest BCUT2D eigenvalue weighted by atomic mass is 10.2. The second kappa shape index (κ2) is 3.49. The van der Waals surface area contributed by atoms with Crippen molar-refractivity contribution in [3.05, 3.63) is 29.6 Å². The topological polar surface area (TPSA) is 35.2 Å². The number of halogens is 2. The van der Waals surface area contributed by atoms with Crippen LogP contribution in [-0.2, 0) is 0 Å². The van der Waals surface area contributed by atoms with E-state index in [1.54, 1.807) is 0 Å². The van der Waals surface area contributed by atoms with Gasteiger partial charge in [-0.25, -0.2) is 8.78 Å². The van der Waals surface area contributed by atoms with Crippen molar-refractivity contribution < 1.29 is 13.5 Å². The van der Waals surface area contributed by atoms with E-state index in [1.165, 1.54) is 25.3 Å². The van der Waals surface area contributed by atoms with Gasteiger partial charge >= 0.3 is 0 Å². The van der Waals surface area contributed by atoms with Crippen molar-refractivity contribution in [1.82, 2.24) is 0 Å². The van der Waals surface area contributed by atoms with Gasteiger partial charge in [0.05, 0.1) is 7.11 Å². The molecule has 1 aromatic carbocycles. The van der Waals surface area contributed by atoms with Crippen LogP contribution in [0.15, 0.2) is 18.2 Å². The number of hydrogen-bond donors (Lipinski definition) is 1. The molecular weight excluding hydrogens is 164 g/mol. The summed E-state index contributed by atoms with van der Waals surface area (Å²) in [5.41, 5.74) is 4.97. The van der Waals surface area contributed by atoms with Crippen LogP contribution >= 0.6 is 0 Å². The minimum absolute atomic E-state index is 0.0255. The van der Waals surface area contributed by atoms with Gasteiger partial charge in [0.1, 0.15) is 0 Å². The number of ether oxygens (including phenoxy) is 1. The summed E-state index contributed by atoms with van der Waals surface area (Å²) < 4.78 is 30.1. The smallest absolute Gasteiger partial charge is 0.178 e.